The normalized spacial score (nSPS) is 17.5. The Kier molecular flexibility index (Phi) is 4.28. The van der Waals surface area contributed by atoms with Crippen LogP contribution >= 0.6 is 0 Å². The predicted octanol–water partition coefficient (Wildman–Crippen LogP) is 5.10. The molecule has 0 N–H and O–H groups in total. The highest BCUT2D eigenvalue weighted by molar-refractivity contribution is 6.14. The molecule has 3 aromatic rings. The molecule has 0 saturated heterocycles. The molecule has 0 amide bonds. The summed E-state index contributed by atoms with van der Waals surface area (Å²) in [6.07, 6.45) is 1.41. The van der Waals surface area contributed by atoms with Gasteiger partial charge in [0.2, 0.25) is 0 Å². The van der Waals surface area contributed by atoms with E-state index in [1.165, 1.54) is 0 Å². The van der Waals surface area contributed by atoms with Crippen molar-refractivity contribution < 1.29 is 14.3 Å². The Morgan fingerprint density at radius 1 is 0.885 bits per heavy atom. The fourth-order valence-corrected chi connectivity index (χ4v) is 3.19. The van der Waals surface area contributed by atoms with E-state index in [4.69, 9.17) is 9.47 Å². The van der Waals surface area contributed by atoms with Gasteiger partial charge in [-0.1, -0.05) is 60.7 Å². The maximum atomic E-state index is 13.2. The average molecular weight is 342 g/mol. The molecule has 1 heterocycles. The SMILES string of the molecule is COc1ccccc1C=C1C(=O)c2ccccc2OC1c1ccccc1. The molecule has 3 nitrogen and oxygen atoms in total. The van der Waals surface area contributed by atoms with E-state index in [0.717, 1.165) is 16.9 Å². The Morgan fingerprint density at radius 2 is 1.58 bits per heavy atom. The van der Waals surface area contributed by atoms with Gasteiger partial charge in [-0.3, -0.25) is 4.79 Å². The molecule has 128 valence electrons. The topological polar surface area (TPSA) is 35.5 Å². The number of hydrogen-bond donors (Lipinski definition) is 0. The van der Waals surface area contributed by atoms with Crippen molar-refractivity contribution >= 4 is 11.9 Å². The highest BCUT2D eigenvalue weighted by Gasteiger charge is 2.32. The Morgan fingerprint density at radius 3 is 2.38 bits per heavy atom. The van der Waals surface area contributed by atoms with Gasteiger partial charge in [-0.05, 0) is 29.8 Å². The Bertz CT molecular complexity index is 974. The van der Waals surface area contributed by atoms with Crippen molar-refractivity contribution in [3.63, 3.8) is 0 Å². The molecule has 1 aliphatic rings. The number of rotatable bonds is 3. The zero-order valence-corrected chi connectivity index (χ0v) is 14.4. The summed E-state index contributed by atoms with van der Waals surface area (Å²) >= 11 is 0. The molecule has 0 bridgehead atoms. The number of Topliss-reactive ketones (excluding diaryl/α,β-unsaturated/α-hetero) is 1. The highest BCUT2D eigenvalue weighted by Crippen LogP contribution is 2.39. The minimum atomic E-state index is -0.455. The van der Waals surface area contributed by atoms with Crippen LogP contribution in [0, 0.1) is 0 Å². The lowest BCUT2D eigenvalue weighted by Crippen LogP contribution is -2.23. The van der Waals surface area contributed by atoms with E-state index < -0.39 is 6.10 Å². The van der Waals surface area contributed by atoms with Gasteiger partial charge >= 0.3 is 0 Å². The molecule has 4 rings (SSSR count). The zero-order chi connectivity index (χ0) is 17.9. The summed E-state index contributed by atoms with van der Waals surface area (Å²) in [5.41, 5.74) is 2.97. The van der Waals surface area contributed by atoms with Crippen molar-refractivity contribution in [3.8, 4) is 11.5 Å². The smallest absolute Gasteiger partial charge is 0.196 e. The fourth-order valence-electron chi connectivity index (χ4n) is 3.19. The number of ketones is 1. The van der Waals surface area contributed by atoms with Crippen molar-refractivity contribution in [2.75, 3.05) is 7.11 Å². The third kappa shape index (κ3) is 2.88. The first-order valence-corrected chi connectivity index (χ1v) is 8.48. The number of benzene rings is 3. The second-order valence-corrected chi connectivity index (χ2v) is 6.08. The van der Waals surface area contributed by atoms with Crippen molar-refractivity contribution in [1.29, 1.82) is 0 Å². The number of para-hydroxylation sites is 2. The van der Waals surface area contributed by atoms with Crippen LogP contribution in [0.25, 0.3) is 6.08 Å². The lowest BCUT2D eigenvalue weighted by Gasteiger charge is -2.28. The summed E-state index contributed by atoms with van der Waals surface area (Å²) in [6.45, 7) is 0. The quantitative estimate of drug-likeness (QED) is 0.622. The Hall–Kier alpha value is -3.33. The molecule has 26 heavy (non-hydrogen) atoms. The van der Waals surface area contributed by atoms with Crippen LogP contribution in [0.4, 0.5) is 0 Å². The van der Waals surface area contributed by atoms with Gasteiger partial charge in [0, 0.05) is 11.1 Å². The Balaban J connectivity index is 1.88. The van der Waals surface area contributed by atoms with Crippen LogP contribution in [0.3, 0.4) is 0 Å². The molecule has 1 unspecified atom stereocenters. The van der Waals surface area contributed by atoms with Gasteiger partial charge in [0.25, 0.3) is 0 Å². The average Bonchev–Trinajstić information content (AvgIpc) is 2.71. The summed E-state index contributed by atoms with van der Waals surface area (Å²) in [7, 11) is 1.63. The van der Waals surface area contributed by atoms with Gasteiger partial charge in [-0.2, -0.15) is 0 Å². The van der Waals surface area contributed by atoms with Crippen molar-refractivity contribution in [3.05, 3.63) is 101 Å². The van der Waals surface area contributed by atoms with Crippen LogP contribution in [-0.2, 0) is 0 Å². The number of carbonyl (C=O) groups excluding carboxylic acids is 1. The van der Waals surface area contributed by atoms with Gasteiger partial charge in [-0.25, -0.2) is 0 Å². The van der Waals surface area contributed by atoms with Gasteiger partial charge in [0.15, 0.2) is 11.9 Å². The van der Waals surface area contributed by atoms with E-state index in [9.17, 15) is 4.79 Å². The van der Waals surface area contributed by atoms with Crippen LogP contribution in [0.1, 0.15) is 27.6 Å². The molecular weight excluding hydrogens is 324 g/mol. The van der Waals surface area contributed by atoms with Crippen LogP contribution < -0.4 is 9.47 Å². The molecule has 0 aliphatic carbocycles. The summed E-state index contributed by atoms with van der Waals surface area (Å²) < 4.78 is 11.7. The van der Waals surface area contributed by atoms with Gasteiger partial charge in [0.05, 0.1) is 12.7 Å². The first-order chi connectivity index (χ1) is 12.8. The van der Waals surface area contributed by atoms with Crippen molar-refractivity contribution in [2.45, 2.75) is 6.10 Å². The molecule has 1 atom stereocenters. The third-order valence-electron chi connectivity index (χ3n) is 4.47. The van der Waals surface area contributed by atoms with Crippen LogP contribution in [0.5, 0.6) is 11.5 Å². The molecule has 0 fully saturated rings. The lowest BCUT2D eigenvalue weighted by atomic mass is 9.89. The monoisotopic (exact) mass is 342 g/mol. The van der Waals surface area contributed by atoms with Crippen LogP contribution in [0.15, 0.2) is 84.4 Å². The molecule has 3 aromatic carbocycles. The highest BCUT2D eigenvalue weighted by atomic mass is 16.5. The third-order valence-corrected chi connectivity index (χ3v) is 4.47. The van der Waals surface area contributed by atoms with E-state index in [-0.39, 0.29) is 5.78 Å². The van der Waals surface area contributed by atoms with Gasteiger partial charge in [-0.15, -0.1) is 0 Å². The summed E-state index contributed by atoms with van der Waals surface area (Å²) in [5, 5.41) is 0. The first-order valence-electron chi connectivity index (χ1n) is 8.48. The van der Waals surface area contributed by atoms with Gasteiger partial charge < -0.3 is 9.47 Å². The van der Waals surface area contributed by atoms with Gasteiger partial charge in [0.1, 0.15) is 11.5 Å². The van der Waals surface area contributed by atoms with Crippen molar-refractivity contribution in [1.82, 2.24) is 0 Å². The van der Waals surface area contributed by atoms with Crippen molar-refractivity contribution in [2.24, 2.45) is 0 Å². The number of ether oxygens (including phenoxy) is 2. The first kappa shape index (κ1) is 16.2. The number of fused-ring (bicyclic) bond motifs is 1. The summed E-state index contributed by atoms with van der Waals surface area (Å²) in [5.74, 6) is 1.31. The lowest BCUT2D eigenvalue weighted by molar-refractivity contribution is 0.0963. The zero-order valence-electron chi connectivity index (χ0n) is 14.4. The summed E-state index contributed by atoms with van der Waals surface area (Å²) in [4.78, 5) is 13.2. The van der Waals surface area contributed by atoms with Crippen LogP contribution in [0.2, 0.25) is 0 Å². The molecule has 3 heteroatoms. The molecule has 1 aliphatic heterocycles. The van der Waals surface area contributed by atoms with E-state index in [1.807, 2.05) is 78.9 Å². The molecule has 0 radical (unpaired) electrons. The maximum absolute atomic E-state index is 13.2. The predicted molar refractivity (Wildman–Crippen MR) is 102 cm³/mol. The second kappa shape index (κ2) is 6.89. The van der Waals surface area contributed by atoms with E-state index in [2.05, 4.69) is 0 Å². The molecule has 0 aromatic heterocycles. The number of methoxy groups -OCH3 is 1. The Labute approximate surface area is 152 Å². The van der Waals surface area contributed by atoms with E-state index >= 15 is 0 Å². The molecule has 0 saturated carbocycles. The summed E-state index contributed by atoms with van der Waals surface area (Å²) in [6, 6.07) is 24.8. The number of hydrogen-bond acceptors (Lipinski definition) is 3. The van der Waals surface area contributed by atoms with E-state index in [0.29, 0.717) is 16.9 Å². The minimum Gasteiger partial charge on any atom is -0.496 e. The van der Waals surface area contributed by atoms with E-state index in [1.54, 1.807) is 13.2 Å². The molecule has 0 spiro atoms. The largest absolute Gasteiger partial charge is 0.496 e. The minimum absolute atomic E-state index is 0.0217. The number of carbonyl (C=O) groups is 1. The fraction of sp³-hybridized carbons (Fsp3) is 0.0870. The standard InChI is InChI=1S/C23H18O3/c1-25-20-13-7-5-11-17(20)15-19-22(24)18-12-6-8-14-21(18)26-23(19)16-9-3-2-4-10-16/h2-15,23H,1H3. The maximum Gasteiger partial charge on any atom is 0.196 e. The van der Waals surface area contributed by atoms with Crippen LogP contribution in [-0.4, -0.2) is 12.9 Å². The second-order valence-electron chi connectivity index (χ2n) is 6.08. The molecular formula is C23H18O3.